The third kappa shape index (κ3) is 11.3. The van der Waals surface area contributed by atoms with Gasteiger partial charge in [0.25, 0.3) is 0 Å². The van der Waals surface area contributed by atoms with Crippen LogP contribution in [0.5, 0.6) is 5.75 Å². The van der Waals surface area contributed by atoms with Gasteiger partial charge in [-0.25, -0.2) is 4.79 Å². The number of nitrogens with one attached hydrogen (secondary N) is 3. The lowest BCUT2D eigenvalue weighted by Crippen LogP contribution is -2.58. The second-order valence-electron chi connectivity index (χ2n) is 8.27. The van der Waals surface area contributed by atoms with Crippen molar-refractivity contribution < 1.29 is 48.9 Å². The minimum atomic E-state index is -1.73. The maximum Gasteiger partial charge on any atom is 0.326 e. The van der Waals surface area contributed by atoms with Crippen molar-refractivity contribution in [3.8, 4) is 5.75 Å². The summed E-state index contributed by atoms with van der Waals surface area (Å²) in [6, 6.07) is -0.846. The van der Waals surface area contributed by atoms with E-state index in [-0.39, 0.29) is 25.0 Å². The monoisotopic (exact) mass is 538 g/mol. The van der Waals surface area contributed by atoms with E-state index in [1.807, 2.05) is 0 Å². The highest BCUT2D eigenvalue weighted by Gasteiger charge is 2.32. The van der Waals surface area contributed by atoms with Gasteiger partial charge in [0.1, 0.15) is 23.9 Å². The van der Waals surface area contributed by atoms with Gasteiger partial charge in [-0.15, -0.1) is 0 Å². The van der Waals surface area contributed by atoms with E-state index < -0.39 is 78.5 Å². The van der Waals surface area contributed by atoms with Gasteiger partial charge in [0.05, 0.1) is 18.9 Å². The highest BCUT2D eigenvalue weighted by Crippen LogP contribution is 2.12. The number of phenolic OH excluding ortho intramolecular Hbond substituents is 1. The van der Waals surface area contributed by atoms with Crippen LogP contribution in [-0.2, 0) is 40.0 Å². The van der Waals surface area contributed by atoms with Gasteiger partial charge >= 0.3 is 11.9 Å². The number of rotatable bonds is 16. The molecule has 1 aromatic rings. The van der Waals surface area contributed by atoms with Gasteiger partial charge in [-0.1, -0.05) is 12.1 Å². The Labute approximate surface area is 215 Å². The number of aliphatic carboxylic acids is 2. The molecule has 4 unspecified atom stereocenters. The predicted molar refractivity (Wildman–Crippen MR) is 128 cm³/mol. The van der Waals surface area contributed by atoms with E-state index in [0.29, 0.717) is 5.56 Å². The fourth-order valence-electron chi connectivity index (χ4n) is 3.11. The van der Waals surface area contributed by atoms with Gasteiger partial charge in [0.2, 0.25) is 29.5 Å². The number of aromatic hydroxyl groups is 1. The number of carboxylic acids is 2. The van der Waals surface area contributed by atoms with Crippen LogP contribution in [0.15, 0.2) is 24.3 Å². The van der Waals surface area contributed by atoms with Gasteiger partial charge in [0.15, 0.2) is 0 Å². The molecule has 0 aliphatic carbocycles. The smallest absolute Gasteiger partial charge is 0.326 e. The molecule has 0 aliphatic heterocycles. The number of hydrogen-bond acceptors (Lipinski definition) is 9. The Kier molecular flexibility index (Phi) is 12.1. The number of primary amides is 2. The molecule has 1 rings (SSSR count). The lowest BCUT2D eigenvalue weighted by molar-refractivity contribution is -0.144. The van der Waals surface area contributed by atoms with Crippen molar-refractivity contribution in [2.75, 3.05) is 0 Å². The molecule has 0 heterocycles. The van der Waals surface area contributed by atoms with E-state index in [1.54, 1.807) is 0 Å². The van der Waals surface area contributed by atoms with Crippen molar-refractivity contribution in [2.24, 2.45) is 17.2 Å². The third-order valence-electron chi connectivity index (χ3n) is 5.08. The van der Waals surface area contributed by atoms with Crippen molar-refractivity contribution >= 4 is 41.5 Å². The van der Waals surface area contributed by atoms with Crippen LogP contribution in [0.3, 0.4) is 0 Å². The molecule has 16 nitrogen and oxygen atoms in total. The van der Waals surface area contributed by atoms with Crippen molar-refractivity contribution in [1.29, 1.82) is 0 Å². The number of amides is 5. The summed E-state index contributed by atoms with van der Waals surface area (Å²) in [6.45, 7) is 0. The quantitative estimate of drug-likeness (QED) is 0.0990. The summed E-state index contributed by atoms with van der Waals surface area (Å²) in [4.78, 5) is 83.0. The molecule has 0 radical (unpaired) electrons. The van der Waals surface area contributed by atoms with Crippen molar-refractivity contribution in [2.45, 2.75) is 56.3 Å². The van der Waals surface area contributed by atoms with Crippen LogP contribution in [0, 0.1) is 0 Å². The highest BCUT2D eigenvalue weighted by atomic mass is 16.4. The summed E-state index contributed by atoms with van der Waals surface area (Å²) in [6.07, 6.45) is -2.33. The number of phenols is 1. The molecule has 1 aromatic carbocycles. The molecule has 38 heavy (non-hydrogen) atoms. The molecule has 0 bridgehead atoms. The Morgan fingerprint density at radius 3 is 1.76 bits per heavy atom. The lowest BCUT2D eigenvalue weighted by Gasteiger charge is -2.24. The molecule has 0 saturated carbocycles. The van der Waals surface area contributed by atoms with E-state index in [2.05, 4.69) is 16.0 Å². The number of benzene rings is 1. The van der Waals surface area contributed by atoms with Gasteiger partial charge in [0, 0.05) is 12.8 Å². The SMILES string of the molecule is NC(=O)CCC(N)C(=O)NC(CC(=O)O)C(=O)NC(Cc1ccc(O)cc1)C(=O)NC(CC(N)=O)C(=O)O. The van der Waals surface area contributed by atoms with Gasteiger partial charge in [-0.05, 0) is 24.1 Å². The first kappa shape index (κ1) is 31.3. The Bertz CT molecular complexity index is 1060. The van der Waals surface area contributed by atoms with Crippen LogP contribution >= 0.6 is 0 Å². The molecule has 0 saturated heterocycles. The highest BCUT2D eigenvalue weighted by molar-refractivity contribution is 5.96. The van der Waals surface area contributed by atoms with E-state index in [0.717, 1.165) is 0 Å². The molecule has 4 atom stereocenters. The molecule has 5 amide bonds. The van der Waals surface area contributed by atoms with Crippen molar-refractivity contribution in [3.05, 3.63) is 29.8 Å². The summed E-state index contributed by atoms with van der Waals surface area (Å²) in [5, 5.41) is 34.4. The second-order valence-corrected chi connectivity index (χ2v) is 8.27. The standard InChI is InChI=1S/C22H30N6O10/c23-12(5-6-16(24)30)19(34)26-14(9-18(32)33)21(36)27-13(7-10-1-3-11(29)4-2-10)20(35)28-15(22(37)38)8-17(25)31/h1-4,12-15,29H,5-9,23H2,(H2,24,30)(H2,25,31)(H,26,34)(H,27,36)(H,28,35)(H,32,33)(H,37,38). The molecule has 0 spiro atoms. The largest absolute Gasteiger partial charge is 0.508 e. The topological polar surface area (TPSA) is 294 Å². The normalized spacial score (nSPS) is 13.7. The number of hydrogen-bond donors (Lipinski definition) is 9. The van der Waals surface area contributed by atoms with Gasteiger partial charge in [-0.3, -0.25) is 28.8 Å². The zero-order valence-electron chi connectivity index (χ0n) is 20.1. The molecule has 208 valence electrons. The van der Waals surface area contributed by atoms with E-state index >= 15 is 0 Å². The lowest BCUT2D eigenvalue weighted by atomic mass is 10.0. The fourth-order valence-corrected chi connectivity index (χ4v) is 3.11. The molecule has 0 fully saturated rings. The maximum absolute atomic E-state index is 12.9. The first-order chi connectivity index (χ1) is 17.7. The summed E-state index contributed by atoms with van der Waals surface area (Å²) in [5.74, 6) is -8.04. The zero-order valence-corrected chi connectivity index (χ0v) is 20.1. The zero-order chi connectivity index (χ0) is 29.0. The average molecular weight is 539 g/mol. The number of carboxylic acid groups (broad SMARTS) is 2. The molecule has 0 aromatic heterocycles. The molecule has 12 N–H and O–H groups in total. The Morgan fingerprint density at radius 1 is 0.737 bits per heavy atom. The minimum Gasteiger partial charge on any atom is -0.508 e. The van der Waals surface area contributed by atoms with Crippen LogP contribution in [0.2, 0.25) is 0 Å². The number of nitrogens with two attached hydrogens (primary N) is 3. The van der Waals surface area contributed by atoms with Crippen molar-refractivity contribution in [3.63, 3.8) is 0 Å². The first-order valence-electron chi connectivity index (χ1n) is 11.1. The molecular formula is C22H30N6O10. The Morgan fingerprint density at radius 2 is 1.26 bits per heavy atom. The fraction of sp³-hybridized carbons (Fsp3) is 0.409. The molecule has 0 aliphatic rings. The van der Waals surface area contributed by atoms with E-state index in [9.17, 15) is 48.9 Å². The van der Waals surface area contributed by atoms with Crippen LogP contribution in [0.25, 0.3) is 0 Å². The predicted octanol–water partition coefficient (Wildman–Crippen LogP) is -3.58. The summed E-state index contributed by atoms with van der Waals surface area (Å²) < 4.78 is 0. The summed E-state index contributed by atoms with van der Waals surface area (Å²) >= 11 is 0. The average Bonchev–Trinajstić information content (AvgIpc) is 2.81. The first-order valence-corrected chi connectivity index (χ1v) is 11.1. The van der Waals surface area contributed by atoms with Crippen LogP contribution in [-0.4, -0.2) is 81.0 Å². The Hall–Kier alpha value is -4.73. The number of carbonyl (C=O) groups excluding carboxylic acids is 5. The van der Waals surface area contributed by atoms with Gasteiger partial charge in [-0.2, -0.15) is 0 Å². The van der Waals surface area contributed by atoms with E-state index in [4.69, 9.17) is 17.2 Å². The molecular weight excluding hydrogens is 508 g/mol. The summed E-state index contributed by atoms with van der Waals surface area (Å²) in [7, 11) is 0. The van der Waals surface area contributed by atoms with Gasteiger partial charge < -0.3 is 48.5 Å². The summed E-state index contributed by atoms with van der Waals surface area (Å²) in [5.41, 5.74) is 16.1. The van der Waals surface area contributed by atoms with E-state index in [1.165, 1.54) is 24.3 Å². The van der Waals surface area contributed by atoms with Crippen LogP contribution < -0.4 is 33.2 Å². The Balaban J connectivity index is 3.16. The second kappa shape index (κ2) is 14.7. The van der Waals surface area contributed by atoms with Crippen LogP contribution in [0.4, 0.5) is 0 Å². The maximum atomic E-state index is 12.9. The third-order valence-corrected chi connectivity index (χ3v) is 5.08. The minimum absolute atomic E-state index is 0.0944. The number of carbonyl (C=O) groups is 7. The molecule has 16 heteroatoms. The van der Waals surface area contributed by atoms with Crippen LogP contribution in [0.1, 0.15) is 31.2 Å². The van der Waals surface area contributed by atoms with Crippen molar-refractivity contribution in [1.82, 2.24) is 16.0 Å².